The molecule has 1 aromatic carbocycles. The summed E-state index contributed by atoms with van der Waals surface area (Å²) < 4.78 is 10.1. The van der Waals surface area contributed by atoms with Gasteiger partial charge in [-0.25, -0.2) is 0 Å². The Morgan fingerprint density at radius 2 is 2.22 bits per heavy atom. The number of nitrogens with one attached hydrogen (secondary N) is 1. The number of nitrogens with two attached hydrogens (primary N) is 1. The lowest BCUT2D eigenvalue weighted by molar-refractivity contribution is -0.118. The van der Waals surface area contributed by atoms with Gasteiger partial charge in [-0.2, -0.15) is 0 Å². The molecule has 0 heterocycles. The fourth-order valence-corrected chi connectivity index (χ4v) is 2.13. The Labute approximate surface area is 111 Å². The summed E-state index contributed by atoms with van der Waals surface area (Å²) in [4.78, 5) is 12.4. The van der Waals surface area contributed by atoms with Gasteiger partial charge in [-0.15, -0.1) is 11.8 Å². The lowest BCUT2D eigenvalue weighted by Crippen LogP contribution is -2.28. The summed E-state index contributed by atoms with van der Waals surface area (Å²) in [5, 5.41) is 2.75. The summed E-state index contributed by atoms with van der Waals surface area (Å²) in [6.07, 6.45) is 0. The van der Waals surface area contributed by atoms with Crippen molar-refractivity contribution in [2.45, 2.75) is 4.90 Å². The van der Waals surface area contributed by atoms with Crippen molar-refractivity contribution in [1.29, 1.82) is 0 Å². The predicted molar refractivity (Wildman–Crippen MR) is 73.0 cm³/mol. The van der Waals surface area contributed by atoms with Crippen LogP contribution in [0.25, 0.3) is 0 Å². The molecule has 1 aromatic rings. The van der Waals surface area contributed by atoms with Crippen LogP contribution in [0.4, 0.5) is 5.69 Å². The van der Waals surface area contributed by atoms with Gasteiger partial charge in [0, 0.05) is 30.3 Å². The highest BCUT2D eigenvalue weighted by Gasteiger charge is 2.07. The first-order valence-corrected chi connectivity index (χ1v) is 6.48. The Morgan fingerprint density at radius 1 is 1.44 bits per heavy atom. The third kappa shape index (κ3) is 4.85. The fourth-order valence-electron chi connectivity index (χ4n) is 1.29. The van der Waals surface area contributed by atoms with E-state index in [9.17, 15) is 4.79 Å². The third-order valence-electron chi connectivity index (χ3n) is 2.17. The van der Waals surface area contributed by atoms with Crippen LogP contribution in [0.1, 0.15) is 0 Å². The molecule has 0 fully saturated rings. The van der Waals surface area contributed by atoms with Crippen LogP contribution in [0.3, 0.4) is 0 Å². The minimum atomic E-state index is -0.0315. The Kier molecular flexibility index (Phi) is 6.38. The molecule has 0 aliphatic heterocycles. The maximum atomic E-state index is 11.5. The summed E-state index contributed by atoms with van der Waals surface area (Å²) in [7, 11) is 3.18. The molecule has 18 heavy (non-hydrogen) atoms. The molecule has 1 amide bonds. The smallest absolute Gasteiger partial charge is 0.230 e. The van der Waals surface area contributed by atoms with Gasteiger partial charge >= 0.3 is 0 Å². The van der Waals surface area contributed by atoms with Crippen molar-refractivity contribution >= 4 is 23.4 Å². The van der Waals surface area contributed by atoms with Gasteiger partial charge in [-0.05, 0) is 12.1 Å². The normalized spacial score (nSPS) is 10.1. The van der Waals surface area contributed by atoms with Crippen LogP contribution in [0, 0.1) is 0 Å². The molecule has 0 spiro atoms. The van der Waals surface area contributed by atoms with Crippen LogP contribution in [0.15, 0.2) is 23.1 Å². The number of benzene rings is 1. The van der Waals surface area contributed by atoms with Gasteiger partial charge in [-0.1, -0.05) is 0 Å². The molecule has 3 N–H and O–H groups in total. The van der Waals surface area contributed by atoms with Gasteiger partial charge in [-0.3, -0.25) is 4.79 Å². The van der Waals surface area contributed by atoms with Crippen molar-refractivity contribution in [1.82, 2.24) is 5.32 Å². The lowest BCUT2D eigenvalue weighted by atomic mass is 10.3. The minimum Gasteiger partial charge on any atom is -0.496 e. The molecule has 0 atom stereocenters. The summed E-state index contributed by atoms with van der Waals surface area (Å²) in [5.41, 5.74) is 6.30. The standard InChI is InChI=1S/C12H18N2O3S/c1-16-6-5-14-12(15)8-18-11-4-3-9(13)7-10(11)17-2/h3-4,7H,5-6,8,13H2,1-2H3,(H,14,15). The van der Waals surface area contributed by atoms with Crippen molar-refractivity contribution in [3.63, 3.8) is 0 Å². The number of anilines is 1. The van der Waals surface area contributed by atoms with Crippen LogP contribution in [-0.4, -0.2) is 39.0 Å². The number of ether oxygens (including phenoxy) is 2. The van der Waals surface area contributed by atoms with E-state index in [1.54, 1.807) is 26.4 Å². The van der Waals surface area contributed by atoms with Gasteiger partial charge in [0.2, 0.25) is 5.91 Å². The highest BCUT2D eigenvalue weighted by atomic mass is 32.2. The molecule has 0 unspecified atom stereocenters. The second-order valence-electron chi connectivity index (χ2n) is 3.54. The lowest BCUT2D eigenvalue weighted by Gasteiger charge is -2.09. The van der Waals surface area contributed by atoms with Gasteiger partial charge in [0.25, 0.3) is 0 Å². The van der Waals surface area contributed by atoms with Gasteiger partial charge < -0.3 is 20.5 Å². The molecule has 0 aliphatic carbocycles. The average Bonchev–Trinajstić information content (AvgIpc) is 2.37. The molecule has 0 aromatic heterocycles. The fraction of sp³-hybridized carbons (Fsp3) is 0.417. The Hall–Kier alpha value is -1.40. The third-order valence-corrected chi connectivity index (χ3v) is 3.23. The molecule has 1 rings (SSSR count). The first-order chi connectivity index (χ1) is 8.67. The molecule has 0 aliphatic rings. The van der Waals surface area contributed by atoms with Crippen molar-refractivity contribution < 1.29 is 14.3 Å². The number of hydrogen-bond acceptors (Lipinski definition) is 5. The first kappa shape index (κ1) is 14.7. The van der Waals surface area contributed by atoms with E-state index in [4.69, 9.17) is 15.2 Å². The van der Waals surface area contributed by atoms with E-state index in [2.05, 4.69) is 5.32 Å². The Bertz CT molecular complexity index is 399. The van der Waals surface area contributed by atoms with E-state index in [1.165, 1.54) is 11.8 Å². The van der Waals surface area contributed by atoms with Crippen molar-refractivity contribution in [2.75, 3.05) is 38.9 Å². The summed E-state index contributed by atoms with van der Waals surface area (Å²) >= 11 is 1.41. The maximum Gasteiger partial charge on any atom is 0.230 e. The summed E-state index contributed by atoms with van der Waals surface area (Å²) in [5.74, 6) is 0.991. The zero-order valence-electron chi connectivity index (χ0n) is 10.6. The number of rotatable bonds is 7. The van der Waals surface area contributed by atoms with E-state index in [0.29, 0.717) is 30.3 Å². The predicted octanol–water partition coefficient (Wildman–Crippen LogP) is 1.13. The Balaban J connectivity index is 2.45. The molecular weight excluding hydrogens is 252 g/mol. The van der Waals surface area contributed by atoms with Crippen molar-refractivity contribution in [2.24, 2.45) is 0 Å². The van der Waals surface area contributed by atoms with E-state index in [1.807, 2.05) is 6.07 Å². The second kappa shape index (κ2) is 7.84. The van der Waals surface area contributed by atoms with Gasteiger partial charge in [0.05, 0.1) is 19.5 Å². The molecule has 0 saturated heterocycles. The largest absolute Gasteiger partial charge is 0.496 e. The van der Waals surface area contributed by atoms with Crippen LogP contribution in [-0.2, 0) is 9.53 Å². The van der Waals surface area contributed by atoms with Crippen LogP contribution >= 0.6 is 11.8 Å². The molecule has 0 radical (unpaired) electrons. The molecule has 100 valence electrons. The molecule has 0 bridgehead atoms. The number of amides is 1. The number of nitrogen functional groups attached to an aromatic ring is 1. The van der Waals surface area contributed by atoms with Gasteiger partial charge in [0.15, 0.2) is 0 Å². The van der Waals surface area contributed by atoms with Crippen LogP contribution < -0.4 is 15.8 Å². The van der Waals surface area contributed by atoms with Crippen molar-refractivity contribution in [3.05, 3.63) is 18.2 Å². The summed E-state index contributed by atoms with van der Waals surface area (Å²) in [6.45, 7) is 1.04. The van der Waals surface area contributed by atoms with E-state index >= 15 is 0 Å². The first-order valence-electron chi connectivity index (χ1n) is 5.49. The molecular formula is C12H18N2O3S. The monoisotopic (exact) mass is 270 g/mol. The topological polar surface area (TPSA) is 73.6 Å². The van der Waals surface area contributed by atoms with Crippen molar-refractivity contribution in [3.8, 4) is 5.75 Å². The molecule has 0 saturated carbocycles. The molecule has 5 nitrogen and oxygen atoms in total. The van der Waals surface area contributed by atoms with Gasteiger partial charge in [0.1, 0.15) is 5.75 Å². The SMILES string of the molecule is COCCNC(=O)CSc1ccc(N)cc1OC. The minimum absolute atomic E-state index is 0.0315. The van der Waals surface area contributed by atoms with E-state index < -0.39 is 0 Å². The zero-order valence-corrected chi connectivity index (χ0v) is 11.4. The number of carbonyl (C=O) groups is 1. The number of carbonyl (C=O) groups excluding carboxylic acids is 1. The number of methoxy groups -OCH3 is 2. The summed E-state index contributed by atoms with van der Waals surface area (Å²) in [6, 6.07) is 5.38. The maximum absolute atomic E-state index is 11.5. The second-order valence-corrected chi connectivity index (χ2v) is 4.56. The quantitative estimate of drug-likeness (QED) is 0.441. The zero-order chi connectivity index (χ0) is 13.4. The number of hydrogen-bond donors (Lipinski definition) is 2. The highest BCUT2D eigenvalue weighted by Crippen LogP contribution is 2.30. The molecule has 6 heteroatoms. The van der Waals surface area contributed by atoms with Crippen LogP contribution in [0.2, 0.25) is 0 Å². The van der Waals surface area contributed by atoms with E-state index in [0.717, 1.165) is 4.90 Å². The van der Waals surface area contributed by atoms with E-state index in [-0.39, 0.29) is 5.91 Å². The highest BCUT2D eigenvalue weighted by molar-refractivity contribution is 8.00. The van der Waals surface area contributed by atoms with Crippen LogP contribution in [0.5, 0.6) is 5.75 Å². The Morgan fingerprint density at radius 3 is 2.89 bits per heavy atom. The number of thioether (sulfide) groups is 1. The average molecular weight is 270 g/mol.